The van der Waals surface area contributed by atoms with Gasteiger partial charge in [0.05, 0.1) is 12.6 Å². The molecule has 2 heterocycles. The zero-order valence-corrected chi connectivity index (χ0v) is 17.8. The van der Waals surface area contributed by atoms with Crippen molar-refractivity contribution in [1.82, 2.24) is 24.9 Å². The molecule has 1 atom stereocenters. The van der Waals surface area contributed by atoms with Crippen LogP contribution in [0.5, 0.6) is 0 Å². The van der Waals surface area contributed by atoms with Crippen molar-refractivity contribution in [3.63, 3.8) is 0 Å². The lowest BCUT2D eigenvalue weighted by molar-refractivity contribution is -0.133. The maximum atomic E-state index is 12.3. The first-order chi connectivity index (χ1) is 13.5. The van der Waals surface area contributed by atoms with E-state index in [2.05, 4.69) is 20.1 Å². The lowest BCUT2D eigenvalue weighted by Crippen LogP contribution is -2.54. The number of likely N-dealkylation sites (tertiary alicyclic amines) is 1. The molecule has 1 N–H and O–H groups in total. The molecular weight excluding hydrogens is 360 g/mol. The Morgan fingerprint density at radius 2 is 1.82 bits per heavy atom. The first-order valence-corrected chi connectivity index (χ1v) is 10.3. The average molecular weight is 397 g/mol. The maximum absolute atomic E-state index is 12.3. The second-order valence-corrected chi connectivity index (χ2v) is 7.43. The quantitative estimate of drug-likeness (QED) is 0.395. The van der Waals surface area contributed by atoms with Crippen molar-refractivity contribution < 1.29 is 14.3 Å². The summed E-state index contributed by atoms with van der Waals surface area (Å²) < 4.78 is 5.06. The van der Waals surface area contributed by atoms with E-state index >= 15 is 0 Å². The van der Waals surface area contributed by atoms with Crippen LogP contribution in [0.3, 0.4) is 0 Å². The number of nitrogens with one attached hydrogen (secondary N) is 1. The van der Waals surface area contributed by atoms with Gasteiger partial charge in [0.1, 0.15) is 0 Å². The predicted octanol–water partition coefficient (Wildman–Crippen LogP) is 0.279. The summed E-state index contributed by atoms with van der Waals surface area (Å²) in [5.74, 6) is 1.08. The van der Waals surface area contributed by atoms with E-state index in [0.29, 0.717) is 19.7 Å². The number of ether oxygens (including phenoxy) is 1. The van der Waals surface area contributed by atoms with Crippen molar-refractivity contribution in [3.05, 3.63) is 0 Å². The molecule has 0 aromatic rings. The van der Waals surface area contributed by atoms with E-state index < -0.39 is 0 Å². The number of carbonyl (C=O) groups is 2. The number of nitrogens with zero attached hydrogens (tertiary/aromatic N) is 5. The fourth-order valence-electron chi connectivity index (χ4n) is 3.80. The number of hydrogen-bond donors (Lipinski definition) is 1. The van der Waals surface area contributed by atoms with E-state index in [1.54, 1.807) is 16.8 Å². The number of likely N-dealkylation sites (N-methyl/N-ethyl adjacent to an activating group) is 1. The van der Waals surface area contributed by atoms with E-state index in [0.717, 1.165) is 57.9 Å². The van der Waals surface area contributed by atoms with Gasteiger partial charge in [0.15, 0.2) is 5.96 Å². The Kier molecular flexibility index (Phi) is 8.82. The van der Waals surface area contributed by atoms with Gasteiger partial charge in [-0.1, -0.05) is 0 Å². The smallest absolute Gasteiger partial charge is 0.409 e. The van der Waals surface area contributed by atoms with E-state index in [1.807, 2.05) is 21.0 Å². The third-order valence-corrected chi connectivity index (χ3v) is 5.31. The van der Waals surface area contributed by atoms with Crippen molar-refractivity contribution >= 4 is 18.0 Å². The number of carbonyl (C=O) groups excluding carboxylic acids is 2. The summed E-state index contributed by atoms with van der Waals surface area (Å²) in [5, 5.41) is 3.42. The Morgan fingerprint density at radius 1 is 1.14 bits per heavy atom. The van der Waals surface area contributed by atoms with Gasteiger partial charge in [-0.05, 0) is 32.7 Å². The zero-order valence-electron chi connectivity index (χ0n) is 17.8. The molecule has 2 aliphatic heterocycles. The van der Waals surface area contributed by atoms with Crippen molar-refractivity contribution in [2.75, 3.05) is 73.6 Å². The fourth-order valence-corrected chi connectivity index (χ4v) is 3.80. The minimum Gasteiger partial charge on any atom is -0.450 e. The zero-order chi connectivity index (χ0) is 20.5. The minimum absolute atomic E-state index is 0.0327. The molecule has 0 aromatic heterocycles. The van der Waals surface area contributed by atoms with Gasteiger partial charge in [0, 0.05) is 60.4 Å². The van der Waals surface area contributed by atoms with Gasteiger partial charge < -0.3 is 24.8 Å². The van der Waals surface area contributed by atoms with Crippen molar-refractivity contribution in [3.8, 4) is 0 Å². The lowest BCUT2D eigenvalue weighted by atomic mass is 10.2. The number of guanidine groups is 1. The Morgan fingerprint density at radius 3 is 2.43 bits per heavy atom. The Bertz CT molecular complexity index is 546. The molecule has 1 unspecified atom stereocenters. The SMILES string of the molecule is CCOC(=O)N1CCN(C(=NC)NCCCN2CCCC2C(=O)N(C)C)CC1. The first-order valence-electron chi connectivity index (χ1n) is 10.3. The van der Waals surface area contributed by atoms with Crippen LogP contribution in [-0.4, -0.2) is 117 Å². The Balaban J connectivity index is 1.70. The molecular formula is C19H36N6O3. The summed E-state index contributed by atoms with van der Waals surface area (Å²) in [7, 11) is 5.43. The van der Waals surface area contributed by atoms with Crippen LogP contribution in [0.4, 0.5) is 4.79 Å². The highest BCUT2D eigenvalue weighted by Crippen LogP contribution is 2.18. The number of hydrogen-bond acceptors (Lipinski definition) is 5. The first kappa shape index (κ1) is 22.3. The van der Waals surface area contributed by atoms with E-state index in [4.69, 9.17) is 4.74 Å². The van der Waals surface area contributed by atoms with Crippen LogP contribution in [0.2, 0.25) is 0 Å². The molecule has 2 aliphatic rings. The molecule has 2 rings (SSSR count). The summed E-state index contributed by atoms with van der Waals surface area (Å²) in [6.45, 7) is 7.70. The second-order valence-electron chi connectivity index (χ2n) is 7.43. The molecule has 2 amide bonds. The minimum atomic E-state index is -0.238. The van der Waals surface area contributed by atoms with Crippen LogP contribution in [-0.2, 0) is 9.53 Å². The van der Waals surface area contributed by atoms with Crippen LogP contribution in [0, 0.1) is 0 Å². The average Bonchev–Trinajstić information content (AvgIpc) is 3.16. The number of amides is 2. The van der Waals surface area contributed by atoms with Gasteiger partial charge in [-0.15, -0.1) is 0 Å². The van der Waals surface area contributed by atoms with E-state index in [9.17, 15) is 9.59 Å². The molecule has 0 saturated carbocycles. The largest absolute Gasteiger partial charge is 0.450 e. The van der Waals surface area contributed by atoms with Crippen LogP contribution >= 0.6 is 0 Å². The number of aliphatic imine (C=N–C) groups is 1. The van der Waals surface area contributed by atoms with Crippen LogP contribution in [0.25, 0.3) is 0 Å². The molecule has 2 fully saturated rings. The monoisotopic (exact) mass is 396 g/mol. The molecule has 0 aliphatic carbocycles. The summed E-state index contributed by atoms with van der Waals surface area (Å²) in [4.78, 5) is 36.4. The van der Waals surface area contributed by atoms with Gasteiger partial charge in [-0.25, -0.2) is 4.79 Å². The van der Waals surface area contributed by atoms with E-state index in [-0.39, 0.29) is 18.0 Å². The van der Waals surface area contributed by atoms with Gasteiger partial charge in [-0.3, -0.25) is 14.7 Å². The topological polar surface area (TPSA) is 80.7 Å². The molecule has 0 bridgehead atoms. The standard InChI is InChI=1S/C19H36N6O3/c1-5-28-19(27)25-14-12-24(13-15-25)18(20-2)21-9-7-11-23-10-6-8-16(23)17(26)22(3)4/h16H,5-15H2,1-4H3,(H,20,21). The van der Waals surface area contributed by atoms with Crippen LogP contribution in [0.1, 0.15) is 26.2 Å². The van der Waals surface area contributed by atoms with E-state index in [1.165, 1.54) is 0 Å². The Hall–Kier alpha value is -2.03. The molecule has 0 aromatic carbocycles. The van der Waals surface area contributed by atoms with Gasteiger partial charge in [0.25, 0.3) is 0 Å². The predicted molar refractivity (Wildman–Crippen MR) is 109 cm³/mol. The maximum Gasteiger partial charge on any atom is 0.409 e. The number of rotatable bonds is 6. The fraction of sp³-hybridized carbons (Fsp3) is 0.842. The Labute approximate surface area is 168 Å². The molecule has 28 heavy (non-hydrogen) atoms. The molecule has 2 saturated heterocycles. The third-order valence-electron chi connectivity index (χ3n) is 5.31. The van der Waals surface area contributed by atoms with Gasteiger partial charge >= 0.3 is 6.09 Å². The van der Waals surface area contributed by atoms with Crippen molar-refractivity contribution in [2.45, 2.75) is 32.2 Å². The van der Waals surface area contributed by atoms with Gasteiger partial charge in [-0.2, -0.15) is 0 Å². The third kappa shape index (κ3) is 5.98. The molecule has 0 radical (unpaired) electrons. The number of piperazine rings is 1. The van der Waals surface area contributed by atoms with Crippen LogP contribution in [0.15, 0.2) is 4.99 Å². The highest BCUT2D eigenvalue weighted by Gasteiger charge is 2.31. The lowest BCUT2D eigenvalue weighted by Gasteiger charge is -2.36. The van der Waals surface area contributed by atoms with Gasteiger partial charge in [0.2, 0.25) is 5.91 Å². The van der Waals surface area contributed by atoms with Crippen molar-refractivity contribution in [2.24, 2.45) is 4.99 Å². The normalized spacial score (nSPS) is 21.0. The molecule has 0 spiro atoms. The molecule has 9 heteroatoms. The van der Waals surface area contributed by atoms with Crippen molar-refractivity contribution in [1.29, 1.82) is 0 Å². The molecule has 160 valence electrons. The molecule has 9 nitrogen and oxygen atoms in total. The second kappa shape index (κ2) is 11.1. The highest BCUT2D eigenvalue weighted by atomic mass is 16.6. The summed E-state index contributed by atoms with van der Waals surface area (Å²) in [5.41, 5.74) is 0. The summed E-state index contributed by atoms with van der Waals surface area (Å²) in [6, 6.07) is 0.0327. The summed E-state index contributed by atoms with van der Waals surface area (Å²) >= 11 is 0. The summed E-state index contributed by atoms with van der Waals surface area (Å²) in [6.07, 6.45) is 2.76. The van der Waals surface area contributed by atoms with Crippen LogP contribution < -0.4 is 5.32 Å². The highest BCUT2D eigenvalue weighted by molar-refractivity contribution is 5.81.